The highest BCUT2D eigenvalue weighted by Gasteiger charge is 2.36. The molecule has 1 aromatic carbocycles. The summed E-state index contributed by atoms with van der Waals surface area (Å²) in [5.74, 6) is 0.172. The third kappa shape index (κ3) is 1.74. The molecule has 100 valence electrons. The number of carboxylic acids is 1. The summed E-state index contributed by atoms with van der Waals surface area (Å²) in [6.45, 7) is 4.34. The molecule has 2 aromatic rings. The molecule has 1 N–H and O–H groups in total. The lowest BCUT2D eigenvalue weighted by molar-refractivity contribution is 0.0697. The highest BCUT2D eigenvalue weighted by Crippen LogP contribution is 2.41. The summed E-state index contributed by atoms with van der Waals surface area (Å²) in [5, 5.41) is 9.14. The summed E-state index contributed by atoms with van der Waals surface area (Å²) in [7, 11) is 0. The second-order valence-corrected chi connectivity index (χ2v) is 5.58. The zero-order valence-electron chi connectivity index (χ0n) is 11.3. The second kappa shape index (κ2) is 4.08. The Bertz CT molecular complexity index is 653. The summed E-state index contributed by atoms with van der Waals surface area (Å²) in [6.07, 6.45) is 4.39. The van der Waals surface area contributed by atoms with Gasteiger partial charge in [0.1, 0.15) is 5.82 Å². The summed E-state index contributed by atoms with van der Waals surface area (Å²) in [4.78, 5) is 15.8. The number of carbonyl (C=O) groups is 1. The van der Waals surface area contributed by atoms with E-state index in [1.165, 1.54) is 6.42 Å². The van der Waals surface area contributed by atoms with E-state index in [1.54, 1.807) is 12.1 Å². The van der Waals surface area contributed by atoms with Crippen LogP contribution in [0.5, 0.6) is 0 Å². The zero-order chi connectivity index (χ0) is 13.6. The van der Waals surface area contributed by atoms with Crippen molar-refractivity contribution in [3.05, 3.63) is 29.6 Å². The molecule has 4 nitrogen and oxygen atoms in total. The average Bonchev–Trinajstić information content (AvgIpc) is 2.73. The lowest BCUT2D eigenvalue weighted by Gasteiger charge is -2.41. The molecule has 1 aromatic heterocycles. The first-order chi connectivity index (χ1) is 9.05. The summed E-state index contributed by atoms with van der Waals surface area (Å²) < 4.78 is 2.26. The number of carboxylic acid groups (broad SMARTS) is 1. The molecule has 0 atom stereocenters. The van der Waals surface area contributed by atoms with E-state index in [0.717, 1.165) is 36.1 Å². The molecular formula is C15H18N2O2. The Morgan fingerprint density at radius 1 is 1.47 bits per heavy atom. The first-order valence-corrected chi connectivity index (χ1v) is 6.80. The molecule has 1 heterocycles. The molecule has 4 heteroatoms. The summed E-state index contributed by atoms with van der Waals surface area (Å²) in [5.41, 5.74) is 2.30. The number of nitrogens with zero attached hydrogens (tertiary/aromatic N) is 2. The van der Waals surface area contributed by atoms with Crippen molar-refractivity contribution in [2.45, 2.75) is 45.1 Å². The number of aryl methyl sites for hydroxylation is 1. The second-order valence-electron chi connectivity index (χ2n) is 5.58. The molecule has 1 fully saturated rings. The molecule has 0 bridgehead atoms. The first-order valence-electron chi connectivity index (χ1n) is 6.80. The molecular weight excluding hydrogens is 240 g/mol. The molecule has 3 rings (SSSR count). The fourth-order valence-corrected chi connectivity index (χ4v) is 3.01. The predicted octanol–water partition coefficient (Wildman–Crippen LogP) is 3.20. The smallest absolute Gasteiger partial charge is 0.335 e. The van der Waals surface area contributed by atoms with Gasteiger partial charge in [0, 0.05) is 12.0 Å². The van der Waals surface area contributed by atoms with Crippen molar-refractivity contribution >= 4 is 17.0 Å². The Labute approximate surface area is 112 Å². The topological polar surface area (TPSA) is 55.1 Å². The van der Waals surface area contributed by atoms with E-state index in [2.05, 4.69) is 23.4 Å². The van der Waals surface area contributed by atoms with Crippen molar-refractivity contribution in [1.82, 2.24) is 9.55 Å². The van der Waals surface area contributed by atoms with Gasteiger partial charge in [0.25, 0.3) is 0 Å². The molecule has 0 spiro atoms. The Morgan fingerprint density at radius 3 is 2.74 bits per heavy atom. The van der Waals surface area contributed by atoms with Crippen molar-refractivity contribution < 1.29 is 9.90 Å². The largest absolute Gasteiger partial charge is 0.478 e. The SMILES string of the molecule is CCc1nc2ccc(C(=O)O)cc2n1C1(C)CCC1. The minimum absolute atomic E-state index is 0.108. The number of hydrogen-bond acceptors (Lipinski definition) is 2. The fraction of sp³-hybridized carbons (Fsp3) is 0.467. The van der Waals surface area contributed by atoms with Crippen LogP contribution in [0.4, 0.5) is 0 Å². The van der Waals surface area contributed by atoms with E-state index in [4.69, 9.17) is 5.11 Å². The van der Waals surface area contributed by atoms with Crippen molar-refractivity contribution in [2.24, 2.45) is 0 Å². The number of hydrogen-bond donors (Lipinski definition) is 1. The summed E-state index contributed by atoms with van der Waals surface area (Å²) in [6, 6.07) is 5.20. The molecule has 1 aliphatic rings. The van der Waals surface area contributed by atoms with Gasteiger partial charge in [0.15, 0.2) is 0 Å². The van der Waals surface area contributed by atoms with Crippen LogP contribution in [0.25, 0.3) is 11.0 Å². The number of rotatable bonds is 3. The number of imidazole rings is 1. The number of aromatic nitrogens is 2. The lowest BCUT2D eigenvalue weighted by Crippen LogP contribution is -2.38. The van der Waals surface area contributed by atoms with Crippen LogP contribution in [-0.4, -0.2) is 20.6 Å². The number of fused-ring (bicyclic) bond motifs is 1. The van der Waals surface area contributed by atoms with Crippen LogP contribution < -0.4 is 0 Å². The maximum atomic E-state index is 11.1. The predicted molar refractivity (Wildman–Crippen MR) is 73.6 cm³/mol. The first kappa shape index (κ1) is 12.2. The van der Waals surface area contributed by atoms with E-state index in [1.807, 2.05) is 6.07 Å². The number of aromatic carboxylic acids is 1. The maximum absolute atomic E-state index is 11.1. The third-order valence-corrected chi connectivity index (χ3v) is 4.26. The Morgan fingerprint density at radius 2 is 2.21 bits per heavy atom. The highest BCUT2D eigenvalue weighted by atomic mass is 16.4. The monoisotopic (exact) mass is 258 g/mol. The van der Waals surface area contributed by atoms with Gasteiger partial charge >= 0.3 is 5.97 Å². The minimum atomic E-state index is -0.883. The van der Waals surface area contributed by atoms with Crippen LogP contribution in [0.2, 0.25) is 0 Å². The van der Waals surface area contributed by atoms with Gasteiger partial charge in [-0.3, -0.25) is 0 Å². The van der Waals surface area contributed by atoms with Crippen molar-refractivity contribution in [1.29, 1.82) is 0 Å². The Hall–Kier alpha value is -1.84. The van der Waals surface area contributed by atoms with Gasteiger partial charge in [-0.2, -0.15) is 0 Å². The Balaban J connectivity index is 2.26. The normalized spacial score (nSPS) is 17.4. The van der Waals surface area contributed by atoms with Crippen molar-refractivity contribution in [3.8, 4) is 0 Å². The molecule has 19 heavy (non-hydrogen) atoms. The van der Waals surface area contributed by atoms with E-state index >= 15 is 0 Å². The van der Waals surface area contributed by atoms with Gasteiger partial charge in [-0.1, -0.05) is 6.92 Å². The van der Waals surface area contributed by atoms with Crippen LogP contribution in [0.15, 0.2) is 18.2 Å². The average molecular weight is 258 g/mol. The quantitative estimate of drug-likeness (QED) is 0.919. The Kier molecular flexibility index (Phi) is 2.62. The van der Waals surface area contributed by atoms with E-state index < -0.39 is 5.97 Å². The molecule has 0 unspecified atom stereocenters. The maximum Gasteiger partial charge on any atom is 0.335 e. The molecule has 0 saturated heterocycles. The minimum Gasteiger partial charge on any atom is -0.478 e. The standard InChI is InChI=1S/C15H18N2O2/c1-3-13-16-11-6-5-10(14(18)19)9-12(11)17(13)15(2)7-4-8-15/h5-6,9H,3-4,7-8H2,1-2H3,(H,18,19). The van der Waals surface area contributed by atoms with Crippen molar-refractivity contribution in [3.63, 3.8) is 0 Å². The summed E-state index contributed by atoms with van der Waals surface area (Å²) >= 11 is 0. The van der Waals surface area contributed by atoms with Crippen molar-refractivity contribution in [2.75, 3.05) is 0 Å². The van der Waals surface area contributed by atoms with E-state index in [0.29, 0.717) is 5.56 Å². The van der Waals surface area contributed by atoms with Gasteiger partial charge < -0.3 is 9.67 Å². The van der Waals surface area contributed by atoms with Crippen LogP contribution in [0, 0.1) is 0 Å². The lowest BCUT2D eigenvalue weighted by atomic mass is 9.78. The van der Waals surface area contributed by atoms with Crippen LogP contribution in [0.3, 0.4) is 0 Å². The third-order valence-electron chi connectivity index (χ3n) is 4.26. The molecule has 1 aliphatic carbocycles. The van der Waals surface area contributed by atoms with Crippen LogP contribution in [-0.2, 0) is 12.0 Å². The van der Waals surface area contributed by atoms with Crippen LogP contribution >= 0.6 is 0 Å². The highest BCUT2D eigenvalue weighted by molar-refractivity contribution is 5.92. The van der Waals surface area contributed by atoms with E-state index in [9.17, 15) is 4.79 Å². The van der Waals surface area contributed by atoms with Gasteiger partial charge in [-0.25, -0.2) is 9.78 Å². The molecule has 1 saturated carbocycles. The molecule has 0 aliphatic heterocycles. The fourth-order valence-electron chi connectivity index (χ4n) is 3.01. The number of benzene rings is 1. The van der Waals surface area contributed by atoms with E-state index in [-0.39, 0.29) is 5.54 Å². The van der Waals surface area contributed by atoms with Gasteiger partial charge in [0.05, 0.1) is 16.6 Å². The van der Waals surface area contributed by atoms with Gasteiger partial charge in [-0.05, 0) is 44.4 Å². The van der Waals surface area contributed by atoms with Gasteiger partial charge in [-0.15, -0.1) is 0 Å². The van der Waals surface area contributed by atoms with Gasteiger partial charge in [0.2, 0.25) is 0 Å². The zero-order valence-corrected chi connectivity index (χ0v) is 11.3. The molecule has 0 amide bonds. The van der Waals surface area contributed by atoms with Crippen LogP contribution in [0.1, 0.15) is 49.3 Å². The molecule has 0 radical (unpaired) electrons.